The molecule has 7 nitrogen and oxygen atoms in total. The quantitative estimate of drug-likeness (QED) is 0.168. The summed E-state index contributed by atoms with van der Waals surface area (Å²) >= 11 is 0. The van der Waals surface area contributed by atoms with E-state index in [0.717, 1.165) is 71.8 Å². The van der Waals surface area contributed by atoms with Gasteiger partial charge in [0.25, 0.3) is 0 Å². The molecule has 0 saturated carbocycles. The Hall–Kier alpha value is -7.90. The third kappa shape index (κ3) is 5.95. The van der Waals surface area contributed by atoms with Crippen LogP contribution >= 0.6 is 0 Å². The molecule has 0 saturated heterocycles. The number of hydrogen-bond acceptors (Lipinski definition) is 7. The Labute approximate surface area is 327 Å². The molecule has 7 aromatic carbocycles. The van der Waals surface area contributed by atoms with Gasteiger partial charge in [-0.2, -0.15) is 0 Å². The maximum absolute atomic E-state index is 6.15. The zero-order valence-electron chi connectivity index (χ0n) is 30.4. The molecule has 266 valence electrons. The van der Waals surface area contributed by atoms with Gasteiger partial charge in [-0.25, -0.2) is 29.9 Å². The van der Waals surface area contributed by atoms with Gasteiger partial charge in [0.1, 0.15) is 16.6 Å². The summed E-state index contributed by atoms with van der Waals surface area (Å²) in [6.45, 7) is 0. The van der Waals surface area contributed by atoms with Crippen molar-refractivity contribution in [1.29, 1.82) is 0 Å². The lowest BCUT2D eigenvalue weighted by Crippen LogP contribution is -2.00. The molecule has 11 aromatic rings. The van der Waals surface area contributed by atoms with E-state index in [2.05, 4.69) is 126 Å². The van der Waals surface area contributed by atoms with Gasteiger partial charge < -0.3 is 4.42 Å². The van der Waals surface area contributed by atoms with Crippen LogP contribution in [-0.2, 0) is 0 Å². The van der Waals surface area contributed by atoms with Crippen molar-refractivity contribution in [1.82, 2.24) is 29.9 Å². The molecule has 0 amide bonds. The maximum atomic E-state index is 6.15. The van der Waals surface area contributed by atoms with Crippen LogP contribution in [0.4, 0.5) is 0 Å². The van der Waals surface area contributed by atoms with Crippen LogP contribution < -0.4 is 0 Å². The van der Waals surface area contributed by atoms with Crippen LogP contribution in [0, 0.1) is 0 Å². The van der Waals surface area contributed by atoms with Crippen molar-refractivity contribution in [3.63, 3.8) is 0 Å². The van der Waals surface area contributed by atoms with Gasteiger partial charge >= 0.3 is 0 Å². The van der Waals surface area contributed by atoms with Crippen LogP contribution in [0.5, 0.6) is 0 Å². The number of aromatic nitrogens is 6. The summed E-state index contributed by atoms with van der Waals surface area (Å²) in [5.41, 5.74) is 12.8. The fourth-order valence-corrected chi connectivity index (χ4v) is 7.54. The smallest absolute Gasteiger partial charge is 0.247 e. The highest BCUT2D eigenvalue weighted by molar-refractivity contribution is 6.18. The number of fused-ring (bicyclic) bond motifs is 6. The molecule has 0 aliphatic carbocycles. The standard InChI is InChI=1S/C50H30N6O/c1-3-10-31(11-4-1)32-19-21-34(22-20-32)47-54-46(33-12-5-2-6-13-33)55-48(56-47)40-17-8-16-37(30-40)35-14-7-15-36(28-35)38-23-25-41-39(29-38)24-26-43-44(41)45-50(57-43)52-42-18-9-27-51-49(42)53-45/h1-30H. The SMILES string of the molecule is c1ccc(-c2ccc(-c3nc(-c4ccccc4)nc(-c4cccc(-c5cccc(-c6ccc7c(ccc8oc9nc%10cccnc%10nc9c87)c6)c5)c4)n3)cc2)cc1. The minimum atomic E-state index is 0.513. The second-order valence-corrected chi connectivity index (χ2v) is 14.0. The van der Waals surface area contributed by atoms with Crippen LogP contribution in [0.15, 0.2) is 187 Å². The normalized spacial score (nSPS) is 11.5. The fourth-order valence-electron chi connectivity index (χ4n) is 7.54. The van der Waals surface area contributed by atoms with E-state index in [4.69, 9.17) is 29.3 Å². The van der Waals surface area contributed by atoms with E-state index in [1.165, 1.54) is 5.56 Å². The molecule has 0 N–H and O–H groups in total. The zero-order chi connectivity index (χ0) is 37.7. The van der Waals surface area contributed by atoms with Gasteiger partial charge in [0.15, 0.2) is 23.1 Å². The highest BCUT2D eigenvalue weighted by Gasteiger charge is 2.17. The maximum Gasteiger partial charge on any atom is 0.247 e. The average molecular weight is 731 g/mol. The number of nitrogens with zero attached hydrogens (tertiary/aromatic N) is 6. The summed E-state index contributed by atoms with van der Waals surface area (Å²) < 4.78 is 6.15. The fraction of sp³-hybridized carbons (Fsp3) is 0. The van der Waals surface area contributed by atoms with E-state index in [1.54, 1.807) is 6.20 Å². The van der Waals surface area contributed by atoms with Crippen molar-refractivity contribution < 1.29 is 4.42 Å². The molecule has 7 heteroatoms. The molecule has 0 unspecified atom stereocenters. The lowest BCUT2D eigenvalue weighted by molar-refractivity contribution is 0.655. The molecule has 57 heavy (non-hydrogen) atoms. The summed E-state index contributed by atoms with van der Waals surface area (Å²) in [7, 11) is 0. The number of pyridine rings is 1. The van der Waals surface area contributed by atoms with Crippen molar-refractivity contribution in [2.75, 3.05) is 0 Å². The highest BCUT2D eigenvalue weighted by Crippen LogP contribution is 2.37. The summed E-state index contributed by atoms with van der Waals surface area (Å²) in [6, 6.07) is 60.3. The van der Waals surface area contributed by atoms with Gasteiger partial charge in [0, 0.05) is 22.9 Å². The lowest BCUT2D eigenvalue weighted by atomic mass is 9.96. The average Bonchev–Trinajstić information content (AvgIpc) is 3.66. The van der Waals surface area contributed by atoms with Gasteiger partial charge in [-0.3, -0.25) is 0 Å². The van der Waals surface area contributed by atoms with Gasteiger partial charge in [0.2, 0.25) is 5.71 Å². The number of rotatable bonds is 6. The Kier molecular flexibility index (Phi) is 7.67. The van der Waals surface area contributed by atoms with Crippen molar-refractivity contribution in [3.8, 4) is 67.5 Å². The second kappa shape index (κ2) is 13.4. The predicted molar refractivity (Wildman–Crippen MR) is 228 cm³/mol. The van der Waals surface area contributed by atoms with Crippen LogP contribution in [0.1, 0.15) is 0 Å². The summed E-state index contributed by atoms with van der Waals surface area (Å²) in [5.74, 6) is 1.87. The first-order valence-electron chi connectivity index (χ1n) is 18.8. The van der Waals surface area contributed by atoms with E-state index in [9.17, 15) is 0 Å². The number of hydrogen-bond donors (Lipinski definition) is 0. The Morgan fingerprint density at radius 1 is 0.368 bits per heavy atom. The third-order valence-corrected chi connectivity index (χ3v) is 10.4. The molecule has 4 aromatic heterocycles. The molecule has 0 fully saturated rings. The van der Waals surface area contributed by atoms with Crippen LogP contribution in [-0.4, -0.2) is 29.9 Å². The van der Waals surface area contributed by atoms with Crippen molar-refractivity contribution in [2.24, 2.45) is 0 Å². The van der Waals surface area contributed by atoms with E-state index in [1.807, 2.05) is 54.6 Å². The second-order valence-electron chi connectivity index (χ2n) is 14.0. The first kappa shape index (κ1) is 32.5. The molecular formula is C50H30N6O. The molecule has 4 heterocycles. The van der Waals surface area contributed by atoms with Crippen molar-refractivity contribution in [2.45, 2.75) is 0 Å². The molecule has 0 radical (unpaired) electrons. The Morgan fingerprint density at radius 3 is 1.63 bits per heavy atom. The predicted octanol–water partition coefficient (Wildman–Crippen LogP) is 12.3. The Balaban J connectivity index is 0.956. The van der Waals surface area contributed by atoms with Gasteiger partial charge in [-0.15, -0.1) is 0 Å². The van der Waals surface area contributed by atoms with E-state index in [-0.39, 0.29) is 0 Å². The Morgan fingerprint density at radius 2 is 0.912 bits per heavy atom. The number of benzene rings is 7. The van der Waals surface area contributed by atoms with E-state index >= 15 is 0 Å². The van der Waals surface area contributed by atoms with Crippen LogP contribution in [0.2, 0.25) is 0 Å². The summed E-state index contributed by atoms with van der Waals surface area (Å²) in [6.07, 6.45) is 1.73. The van der Waals surface area contributed by atoms with Crippen molar-refractivity contribution >= 4 is 44.1 Å². The molecule has 11 rings (SSSR count). The van der Waals surface area contributed by atoms with E-state index in [0.29, 0.717) is 34.4 Å². The van der Waals surface area contributed by atoms with Gasteiger partial charge in [0.05, 0.1) is 5.39 Å². The van der Waals surface area contributed by atoms with Crippen LogP contribution in [0.25, 0.3) is 112 Å². The number of furan rings is 1. The van der Waals surface area contributed by atoms with Gasteiger partial charge in [-0.1, -0.05) is 140 Å². The van der Waals surface area contributed by atoms with Gasteiger partial charge in [-0.05, 0) is 80.6 Å². The summed E-state index contributed by atoms with van der Waals surface area (Å²) in [4.78, 5) is 29.0. The first-order chi connectivity index (χ1) is 28.2. The zero-order valence-corrected chi connectivity index (χ0v) is 30.4. The lowest BCUT2D eigenvalue weighted by Gasteiger charge is -2.11. The molecule has 0 aliphatic heterocycles. The van der Waals surface area contributed by atoms with Crippen LogP contribution in [0.3, 0.4) is 0 Å². The molecule has 0 aliphatic rings. The molecular weight excluding hydrogens is 701 g/mol. The first-order valence-corrected chi connectivity index (χ1v) is 18.8. The van der Waals surface area contributed by atoms with Crippen molar-refractivity contribution in [3.05, 3.63) is 182 Å². The Bertz CT molecular complexity index is 3290. The minimum Gasteiger partial charge on any atom is -0.436 e. The largest absolute Gasteiger partial charge is 0.436 e. The molecule has 0 spiro atoms. The highest BCUT2D eigenvalue weighted by atomic mass is 16.3. The minimum absolute atomic E-state index is 0.513. The third-order valence-electron chi connectivity index (χ3n) is 10.4. The monoisotopic (exact) mass is 730 g/mol. The molecule has 0 bridgehead atoms. The van der Waals surface area contributed by atoms with E-state index < -0.39 is 0 Å². The molecule has 0 atom stereocenters. The topological polar surface area (TPSA) is 90.5 Å². The summed E-state index contributed by atoms with van der Waals surface area (Å²) in [5, 5.41) is 3.09.